The van der Waals surface area contributed by atoms with Crippen molar-refractivity contribution < 1.29 is 13.5 Å². The standard InChI is InChI=1S/C11H12N2O3S2/c1-7-9(4-3-5-10(7)14)13-18(15,16)11-6-12-8(2)17-11/h3-6,13-14H,1-2H3. The van der Waals surface area contributed by atoms with Crippen LogP contribution in [-0.2, 0) is 10.0 Å². The molecule has 7 heteroatoms. The minimum Gasteiger partial charge on any atom is -0.508 e. The lowest BCUT2D eigenvalue weighted by molar-refractivity contribution is 0.471. The van der Waals surface area contributed by atoms with Crippen molar-refractivity contribution >= 4 is 27.0 Å². The summed E-state index contributed by atoms with van der Waals surface area (Å²) in [6.07, 6.45) is 1.32. The highest BCUT2D eigenvalue weighted by Crippen LogP contribution is 2.27. The van der Waals surface area contributed by atoms with E-state index in [9.17, 15) is 13.5 Å². The number of aromatic hydroxyl groups is 1. The van der Waals surface area contributed by atoms with Gasteiger partial charge in [-0.1, -0.05) is 6.07 Å². The van der Waals surface area contributed by atoms with Gasteiger partial charge in [-0.25, -0.2) is 13.4 Å². The molecule has 96 valence electrons. The summed E-state index contributed by atoms with van der Waals surface area (Å²) in [5.41, 5.74) is 0.850. The highest BCUT2D eigenvalue weighted by atomic mass is 32.2. The number of phenolic OH excluding ortho intramolecular Hbond substituents is 1. The van der Waals surface area contributed by atoms with Gasteiger partial charge in [0.2, 0.25) is 0 Å². The molecule has 1 aromatic carbocycles. The van der Waals surface area contributed by atoms with Crippen LogP contribution >= 0.6 is 11.3 Å². The van der Waals surface area contributed by atoms with E-state index in [1.54, 1.807) is 26.0 Å². The molecule has 0 aliphatic heterocycles. The average molecular weight is 284 g/mol. The van der Waals surface area contributed by atoms with Crippen molar-refractivity contribution in [3.05, 3.63) is 35.0 Å². The van der Waals surface area contributed by atoms with Gasteiger partial charge in [-0.3, -0.25) is 4.72 Å². The Morgan fingerprint density at radius 3 is 2.67 bits per heavy atom. The van der Waals surface area contributed by atoms with Crippen LogP contribution in [0.15, 0.2) is 28.6 Å². The Bertz CT molecular complexity index is 677. The maximum absolute atomic E-state index is 12.1. The molecule has 0 spiro atoms. The van der Waals surface area contributed by atoms with Crippen LogP contribution in [0.3, 0.4) is 0 Å². The van der Waals surface area contributed by atoms with Gasteiger partial charge in [0.05, 0.1) is 16.9 Å². The predicted molar refractivity (Wildman–Crippen MR) is 70.5 cm³/mol. The minimum absolute atomic E-state index is 0.0516. The van der Waals surface area contributed by atoms with Crippen LogP contribution in [-0.4, -0.2) is 18.5 Å². The summed E-state index contributed by atoms with van der Waals surface area (Å²) >= 11 is 1.10. The Labute approximate surface area is 109 Å². The first-order chi connectivity index (χ1) is 8.40. The molecule has 2 aromatic rings. The van der Waals surface area contributed by atoms with E-state index in [2.05, 4.69) is 9.71 Å². The van der Waals surface area contributed by atoms with E-state index in [0.717, 1.165) is 11.3 Å². The molecule has 0 fully saturated rings. The normalized spacial score (nSPS) is 11.4. The lowest BCUT2D eigenvalue weighted by Crippen LogP contribution is -2.12. The Kier molecular flexibility index (Phi) is 3.27. The second kappa shape index (κ2) is 4.58. The zero-order valence-corrected chi connectivity index (χ0v) is 11.5. The zero-order chi connectivity index (χ0) is 13.3. The quantitative estimate of drug-likeness (QED) is 0.906. The van der Waals surface area contributed by atoms with Crippen molar-refractivity contribution in [2.45, 2.75) is 18.1 Å². The number of aryl methyl sites for hydroxylation is 1. The molecule has 5 nitrogen and oxygen atoms in total. The summed E-state index contributed by atoms with van der Waals surface area (Å²) in [5.74, 6) is 0.0516. The van der Waals surface area contributed by atoms with E-state index >= 15 is 0 Å². The molecular weight excluding hydrogens is 272 g/mol. The molecule has 0 atom stereocenters. The monoisotopic (exact) mass is 284 g/mol. The molecule has 2 N–H and O–H groups in total. The van der Waals surface area contributed by atoms with Crippen LogP contribution in [0.1, 0.15) is 10.6 Å². The van der Waals surface area contributed by atoms with E-state index < -0.39 is 10.0 Å². The Balaban J connectivity index is 2.37. The topological polar surface area (TPSA) is 79.3 Å². The number of benzene rings is 1. The molecule has 0 radical (unpaired) electrons. The Morgan fingerprint density at radius 1 is 1.33 bits per heavy atom. The van der Waals surface area contributed by atoms with Gasteiger partial charge >= 0.3 is 0 Å². The van der Waals surface area contributed by atoms with E-state index in [0.29, 0.717) is 16.3 Å². The molecule has 0 aliphatic carbocycles. The fourth-order valence-electron chi connectivity index (χ4n) is 1.40. The van der Waals surface area contributed by atoms with Crippen LogP contribution in [0.5, 0.6) is 5.75 Å². The van der Waals surface area contributed by atoms with Crippen LogP contribution < -0.4 is 4.72 Å². The molecule has 0 unspecified atom stereocenters. The molecule has 1 heterocycles. The number of thiazole rings is 1. The number of sulfonamides is 1. The summed E-state index contributed by atoms with van der Waals surface area (Å²) in [7, 11) is -3.64. The first-order valence-electron chi connectivity index (χ1n) is 5.14. The third-order valence-electron chi connectivity index (χ3n) is 2.41. The van der Waals surface area contributed by atoms with Gasteiger partial charge in [0.25, 0.3) is 10.0 Å². The van der Waals surface area contributed by atoms with Crippen molar-refractivity contribution in [1.29, 1.82) is 0 Å². The minimum atomic E-state index is -3.64. The van der Waals surface area contributed by atoms with Crippen molar-refractivity contribution in [3.8, 4) is 5.75 Å². The summed E-state index contributed by atoms with van der Waals surface area (Å²) in [4.78, 5) is 3.91. The van der Waals surface area contributed by atoms with Crippen molar-refractivity contribution in [3.63, 3.8) is 0 Å². The maximum Gasteiger partial charge on any atom is 0.273 e. The number of aromatic nitrogens is 1. The van der Waals surface area contributed by atoms with Gasteiger partial charge in [0.15, 0.2) is 4.21 Å². The molecular formula is C11H12N2O3S2. The number of nitrogens with one attached hydrogen (secondary N) is 1. The Morgan fingerprint density at radius 2 is 2.06 bits per heavy atom. The summed E-state index contributed by atoms with van der Waals surface area (Å²) in [6.45, 7) is 3.38. The van der Waals surface area contributed by atoms with E-state index in [4.69, 9.17) is 0 Å². The molecule has 2 rings (SSSR count). The Hall–Kier alpha value is -1.60. The first-order valence-corrected chi connectivity index (χ1v) is 7.44. The van der Waals surface area contributed by atoms with E-state index in [1.807, 2.05) is 0 Å². The molecule has 0 saturated heterocycles. The van der Waals surface area contributed by atoms with Gasteiger partial charge in [-0.2, -0.15) is 0 Å². The van der Waals surface area contributed by atoms with Crippen molar-refractivity contribution in [2.24, 2.45) is 0 Å². The smallest absolute Gasteiger partial charge is 0.273 e. The first kappa shape index (κ1) is 12.8. The number of anilines is 1. The highest BCUT2D eigenvalue weighted by molar-refractivity contribution is 7.94. The second-order valence-electron chi connectivity index (χ2n) is 3.75. The predicted octanol–water partition coefficient (Wildman–Crippen LogP) is 2.27. The third-order valence-corrected chi connectivity index (χ3v) is 5.15. The molecule has 1 aromatic heterocycles. The number of phenols is 1. The van der Waals surface area contributed by atoms with Gasteiger partial charge in [-0.15, -0.1) is 11.3 Å². The lowest BCUT2D eigenvalue weighted by atomic mass is 10.2. The van der Waals surface area contributed by atoms with Crippen LogP contribution in [0.4, 0.5) is 5.69 Å². The van der Waals surface area contributed by atoms with Gasteiger partial charge in [0.1, 0.15) is 5.75 Å². The number of hydrogen-bond acceptors (Lipinski definition) is 5. The van der Waals surface area contributed by atoms with Crippen LogP contribution in [0.25, 0.3) is 0 Å². The zero-order valence-electron chi connectivity index (χ0n) is 9.84. The van der Waals surface area contributed by atoms with Crippen molar-refractivity contribution in [1.82, 2.24) is 4.98 Å². The van der Waals surface area contributed by atoms with Crippen molar-refractivity contribution in [2.75, 3.05) is 4.72 Å². The summed E-state index contributed by atoms with van der Waals surface area (Å²) in [6, 6.07) is 4.68. The lowest BCUT2D eigenvalue weighted by Gasteiger charge is -2.09. The molecule has 0 aliphatic rings. The summed E-state index contributed by atoms with van der Waals surface area (Å²) < 4.78 is 26.7. The molecule has 0 amide bonds. The van der Waals surface area contributed by atoms with Crippen LogP contribution in [0.2, 0.25) is 0 Å². The van der Waals surface area contributed by atoms with Gasteiger partial charge < -0.3 is 5.11 Å². The number of nitrogens with zero attached hydrogens (tertiary/aromatic N) is 1. The summed E-state index contributed by atoms with van der Waals surface area (Å²) in [5, 5.41) is 10.2. The van der Waals surface area contributed by atoms with Gasteiger partial charge in [0, 0.05) is 5.56 Å². The van der Waals surface area contributed by atoms with E-state index in [-0.39, 0.29) is 9.96 Å². The third kappa shape index (κ3) is 2.46. The maximum atomic E-state index is 12.1. The molecule has 0 bridgehead atoms. The number of rotatable bonds is 3. The highest BCUT2D eigenvalue weighted by Gasteiger charge is 2.18. The largest absolute Gasteiger partial charge is 0.508 e. The fourth-order valence-corrected chi connectivity index (χ4v) is 3.63. The SMILES string of the molecule is Cc1ncc(S(=O)(=O)Nc2cccc(O)c2C)s1. The molecule has 0 saturated carbocycles. The fraction of sp³-hybridized carbons (Fsp3) is 0.182. The number of hydrogen-bond donors (Lipinski definition) is 2. The van der Waals surface area contributed by atoms with Gasteiger partial charge in [-0.05, 0) is 26.0 Å². The van der Waals surface area contributed by atoms with E-state index in [1.165, 1.54) is 12.3 Å². The molecule has 18 heavy (non-hydrogen) atoms. The second-order valence-corrected chi connectivity index (χ2v) is 6.90. The van der Waals surface area contributed by atoms with Crippen LogP contribution in [0, 0.1) is 13.8 Å². The average Bonchev–Trinajstić information content (AvgIpc) is 2.72.